The molecule has 2 aliphatic rings. The summed E-state index contributed by atoms with van der Waals surface area (Å²) in [6.07, 6.45) is -11.9. The molecule has 8 unspecified atom stereocenters. The first-order chi connectivity index (χ1) is 19.9. The van der Waals surface area contributed by atoms with Crippen molar-refractivity contribution < 1.29 is 74.4 Å². The van der Waals surface area contributed by atoms with Crippen molar-refractivity contribution in [2.24, 2.45) is 0 Å². The summed E-state index contributed by atoms with van der Waals surface area (Å²) in [5.41, 5.74) is -3.37. The predicted octanol–water partition coefficient (Wildman–Crippen LogP) is -2.07. The normalized spacial score (nSPS) is 31.4. The first-order valence-corrected chi connectivity index (χ1v) is 12.5. The van der Waals surface area contributed by atoms with Crippen LogP contribution in [-0.2, 0) is 14.2 Å². The molecule has 2 aromatic carbocycles. The van der Waals surface area contributed by atoms with E-state index in [2.05, 4.69) is 0 Å². The summed E-state index contributed by atoms with van der Waals surface area (Å²) in [4.78, 5) is 12.8. The van der Waals surface area contributed by atoms with Crippen molar-refractivity contribution in [1.82, 2.24) is 0 Å². The lowest BCUT2D eigenvalue weighted by Gasteiger charge is -2.42. The molecule has 1 aromatic heterocycles. The molecule has 228 valence electrons. The Morgan fingerprint density at radius 1 is 0.905 bits per heavy atom. The van der Waals surface area contributed by atoms with Gasteiger partial charge < -0.3 is 74.4 Å². The topological polar surface area (TPSA) is 269 Å². The summed E-state index contributed by atoms with van der Waals surface area (Å²) >= 11 is 0. The minimum Gasteiger partial charge on any atom is -0.507 e. The van der Waals surface area contributed by atoms with Crippen LogP contribution in [0.25, 0.3) is 22.3 Å². The Kier molecular flexibility index (Phi) is 7.92. The van der Waals surface area contributed by atoms with Gasteiger partial charge in [0.2, 0.25) is 12.0 Å². The molecule has 0 amide bonds. The van der Waals surface area contributed by atoms with Gasteiger partial charge in [0.05, 0.1) is 19.8 Å². The average molecular weight is 596 g/mol. The van der Waals surface area contributed by atoms with Crippen molar-refractivity contribution in [3.63, 3.8) is 0 Å². The van der Waals surface area contributed by atoms with Gasteiger partial charge in [-0.3, -0.25) is 4.79 Å². The van der Waals surface area contributed by atoms with Crippen molar-refractivity contribution in [2.45, 2.75) is 48.7 Å². The molecule has 16 heteroatoms. The molecule has 3 aromatic rings. The Morgan fingerprint density at radius 3 is 2.31 bits per heavy atom. The van der Waals surface area contributed by atoms with Crippen LogP contribution in [0.5, 0.6) is 28.7 Å². The number of phenolic OH excluding ortho intramolecular Hbond substituents is 4. The molecular weight excluding hydrogens is 568 g/mol. The number of hydrogen-bond donors (Lipinski definition) is 10. The molecule has 5 rings (SSSR count). The number of rotatable bonds is 7. The van der Waals surface area contributed by atoms with E-state index in [-0.39, 0.29) is 11.3 Å². The fourth-order valence-corrected chi connectivity index (χ4v) is 4.71. The van der Waals surface area contributed by atoms with Crippen molar-refractivity contribution in [3.05, 3.63) is 40.6 Å². The number of aromatic hydroxyl groups is 4. The zero-order valence-electron chi connectivity index (χ0n) is 21.5. The number of ether oxygens (including phenoxy) is 4. The fourth-order valence-electron chi connectivity index (χ4n) is 4.71. The highest BCUT2D eigenvalue weighted by atomic mass is 16.8. The van der Waals surface area contributed by atoms with E-state index in [0.717, 1.165) is 24.3 Å². The fraction of sp³-hybridized carbons (Fsp3) is 0.423. The van der Waals surface area contributed by atoms with E-state index in [1.54, 1.807) is 0 Å². The van der Waals surface area contributed by atoms with E-state index in [1.807, 2.05) is 0 Å². The van der Waals surface area contributed by atoms with Gasteiger partial charge in [-0.15, -0.1) is 0 Å². The second kappa shape index (κ2) is 11.2. The minimum atomic E-state index is -2.18. The molecule has 2 fully saturated rings. The summed E-state index contributed by atoms with van der Waals surface area (Å²) < 4.78 is 27.6. The van der Waals surface area contributed by atoms with E-state index in [0.29, 0.717) is 0 Å². The number of aliphatic hydroxyl groups is 6. The zero-order valence-corrected chi connectivity index (χ0v) is 21.5. The maximum absolute atomic E-state index is 12.8. The van der Waals surface area contributed by atoms with Gasteiger partial charge >= 0.3 is 0 Å². The lowest BCUT2D eigenvalue weighted by molar-refractivity contribution is -0.329. The minimum absolute atomic E-state index is 0.134. The highest BCUT2D eigenvalue weighted by molar-refractivity contribution is 5.91. The first kappa shape index (κ1) is 29.8. The molecule has 2 saturated heterocycles. The Bertz CT molecular complexity index is 1520. The number of phenols is 4. The van der Waals surface area contributed by atoms with Gasteiger partial charge in [-0.05, 0) is 18.2 Å². The van der Waals surface area contributed by atoms with Crippen molar-refractivity contribution in [1.29, 1.82) is 0 Å². The van der Waals surface area contributed by atoms with Crippen LogP contribution in [0.4, 0.5) is 0 Å². The summed E-state index contributed by atoms with van der Waals surface area (Å²) in [5.74, 6) is -3.14. The zero-order chi connectivity index (χ0) is 30.5. The van der Waals surface area contributed by atoms with Gasteiger partial charge in [0.25, 0.3) is 0 Å². The molecule has 16 nitrogen and oxygen atoms in total. The molecule has 0 bridgehead atoms. The van der Waals surface area contributed by atoms with Gasteiger partial charge in [-0.25, -0.2) is 0 Å². The van der Waals surface area contributed by atoms with Gasteiger partial charge in [0, 0.05) is 17.7 Å². The summed E-state index contributed by atoms with van der Waals surface area (Å²) in [5, 5.41) is 101. The van der Waals surface area contributed by atoms with Gasteiger partial charge in [0.1, 0.15) is 46.9 Å². The monoisotopic (exact) mass is 596 g/mol. The number of benzene rings is 2. The van der Waals surface area contributed by atoms with Crippen molar-refractivity contribution in [2.75, 3.05) is 19.8 Å². The second-order valence-corrected chi connectivity index (χ2v) is 9.94. The van der Waals surface area contributed by atoms with E-state index >= 15 is 0 Å². The first-order valence-electron chi connectivity index (χ1n) is 12.5. The Balaban J connectivity index is 1.49. The van der Waals surface area contributed by atoms with Crippen LogP contribution in [0.15, 0.2) is 39.5 Å². The van der Waals surface area contributed by atoms with Gasteiger partial charge in [0.15, 0.2) is 40.7 Å². The third kappa shape index (κ3) is 5.08. The number of aliphatic hydroxyl groups excluding tert-OH is 5. The third-order valence-electron chi connectivity index (χ3n) is 7.10. The summed E-state index contributed by atoms with van der Waals surface area (Å²) in [6, 6.07) is 5.39. The van der Waals surface area contributed by atoms with Crippen LogP contribution >= 0.6 is 0 Å². The predicted molar refractivity (Wildman–Crippen MR) is 136 cm³/mol. The lowest BCUT2D eigenvalue weighted by Crippen LogP contribution is -2.62. The molecule has 8 atom stereocenters. The molecular formula is C26H28O16. The SMILES string of the molecule is O=c1cc(-c2ccc(O)c(O)c2)oc2c(O)c(OC3OCC(O)(CO)C3OC3OC(CO)C(O)C(O)C3O)cc(O)c12. The molecule has 10 N–H and O–H groups in total. The number of fused-ring (bicyclic) bond motifs is 1. The van der Waals surface area contributed by atoms with Crippen LogP contribution in [0.1, 0.15) is 0 Å². The molecule has 2 aliphatic heterocycles. The largest absolute Gasteiger partial charge is 0.507 e. The lowest BCUT2D eigenvalue weighted by atomic mass is 9.98. The van der Waals surface area contributed by atoms with Gasteiger partial charge in [-0.1, -0.05) is 0 Å². The van der Waals surface area contributed by atoms with Crippen LogP contribution in [0.3, 0.4) is 0 Å². The summed E-state index contributed by atoms with van der Waals surface area (Å²) in [7, 11) is 0. The molecule has 3 heterocycles. The van der Waals surface area contributed by atoms with Gasteiger partial charge in [-0.2, -0.15) is 0 Å². The smallest absolute Gasteiger partial charge is 0.229 e. The third-order valence-corrected chi connectivity index (χ3v) is 7.10. The van der Waals surface area contributed by atoms with Crippen molar-refractivity contribution in [3.8, 4) is 40.1 Å². The van der Waals surface area contributed by atoms with E-state index in [1.165, 1.54) is 6.07 Å². The second-order valence-electron chi connectivity index (χ2n) is 9.94. The highest BCUT2D eigenvalue weighted by Gasteiger charge is 2.55. The Morgan fingerprint density at radius 2 is 1.64 bits per heavy atom. The van der Waals surface area contributed by atoms with Crippen LogP contribution in [-0.4, -0.2) is 120 Å². The molecule has 0 aliphatic carbocycles. The Labute approximate surface area is 235 Å². The summed E-state index contributed by atoms with van der Waals surface area (Å²) in [6.45, 7) is -2.32. The van der Waals surface area contributed by atoms with E-state index < -0.39 is 114 Å². The maximum Gasteiger partial charge on any atom is 0.229 e. The standard InChI is InChI=1S/C26H28O16/c27-6-16-18(33)20(35)21(36)24(41-16)42-23-25(38-8-26(23,37)7-28)40-15-5-13(32)17-12(31)4-14(39-22(17)19(15)34)9-1-2-10(29)11(30)3-9/h1-5,16,18,20-21,23-25,27-30,32-37H,6-8H2. The molecule has 0 radical (unpaired) electrons. The molecule has 42 heavy (non-hydrogen) atoms. The van der Waals surface area contributed by atoms with E-state index in [9.17, 15) is 55.9 Å². The quantitative estimate of drug-likeness (QED) is 0.104. The average Bonchev–Trinajstić information content (AvgIpc) is 3.27. The maximum atomic E-state index is 12.8. The number of hydrogen-bond acceptors (Lipinski definition) is 16. The molecule has 0 saturated carbocycles. The Hall–Kier alpha value is -3.71. The van der Waals surface area contributed by atoms with Crippen LogP contribution in [0.2, 0.25) is 0 Å². The highest BCUT2D eigenvalue weighted by Crippen LogP contribution is 2.43. The molecule has 0 spiro atoms. The van der Waals surface area contributed by atoms with E-state index in [4.69, 9.17) is 23.4 Å². The van der Waals surface area contributed by atoms with Crippen LogP contribution in [0, 0.1) is 0 Å². The van der Waals surface area contributed by atoms with Crippen molar-refractivity contribution >= 4 is 11.0 Å². The van der Waals surface area contributed by atoms with Crippen LogP contribution < -0.4 is 10.2 Å².